The van der Waals surface area contributed by atoms with Crippen LogP contribution in [0.3, 0.4) is 0 Å². The van der Waals surface area contributed by atoms with Gasteiger partial charge < -0.3 is 9.84 Å². The van der Waals surface area contributed by atoms with Crippen LogP contribution in [-0.4, -0.2) is 29.7 Å². The minimum Gasteiger partial charge on any atom is -0.393 e. The fraction of sp³-hybridized carbons (Fsp3) is 0.500. The van der Waals surface area contributed by atoms with Crippen molar-refractivity contribution in [2.75, 3.05) is 12.4 Å². The van der Waals surface area contributed by atoms with E-state index in [9.17, 15) is 5.11 Å². The first kappa shape index (κ1) is 11.0. The third kappa shape index (κ3) is 4.24. The van der Waals surface area contributed by atoms with Crippen molar-refractivity contribution in [3.05, 3.63) is 30.3 Å². The number of hydrogen-bond donors (Lipinski definition) is 1. The highest BCUT2D eigenvalue weighted by Crippen LogP contribution is 2.21. The van der Waals surface area contributed by atoms with Gasteiger partial charge in [-0.05, 0) is 18.6 Å². The van der Waals surface area contributed by atoms with Gasteiger partial charge in [0.25, 0.3) is 0 Å². The smallest absolute Gasteiger partial charge is 0.0834 e. The summed E-state index contributed by atoms with van der Waals surface area (Å²) in [5, 5.41) is 9.64. The van der Waals surface area contributed by atoms with Gasteiger partial charge in [0.1, 0.15) is 0 Å². The van der Waals surface area contributed by atoms with Gasteiger partial charge in [-0.2, -0.15) is 0 Å². The number of hydrogen-bond acceptors (Lipinski definition) is 3. The summed E-state index contributed by atoms with van der Waals surface area (Å²) in [6.07, 6.45) is 1.78. The molecule has 0 aromatic heterocycles. The third-order valence-corrected chi connectivity index (χ3v) is 3.45. The van der Waals surface area contributed by atoms with Crippen LogP contribution in [0.5, 0.6) is 0 Å². The Morgan fingerprint density at radius 3 is 2.80 bits per heavy atom. The van der Waals surface area contributed by atoms with E-state index >= 15 is 0 Å². The predicted molar refractivity (Wildman–Crippen MR) is 62.1 cm³/mol. The van der Waals surface area contributed by atoms with E-state index in [0.29, 0.717) is 6.10 Å². The zero-order valence-electron chi connectivity index (χ0n) is 8.63. The minimum absolute atomic E-state index is 0.200. The van der Waals surface area contributed by atoms with E-state index in [4.69, 9.17) is 4.74 Å². The molecule has 1 saturated heterocycles. The van der Waals surface area contributed by atoms with Crippen LogP contribution in [0.1, 0.15) is 12.8 Å². The van der Waals surface area contributed by atoms with Gasteiger partial charge in [0.15, 0.2) is 0 Å². The van der Waals surface area contributed by atoms with E-state index < -0.39 is 0 Å². The van der Waals surface area contributed by atoms with Crippen LogP contribution in [0.15, 0.2) is 35.2 Å². The summed E-state index contributed by atoms with van der Waals surface area (Å²) in [5.41, 5.74) is 0. The molecule has 2 atom stereocenters. The molecule has 2 nitrogen and oxygen atoms in total. The Kier molecular flexibility index (Phi) is 4.06. The van der Waals surface area contributed by atoms with E-state index in [1.54, 1.807) is 11.8 Å². The molecule has 0 saturated carbocycles. The lowest BCUT2D eigenvalue weighted by Crippen LogP contribution is -2.10. The van der Waals surface area contributed by atoms with Crippen molar-refractivity contribution < 1.29 is 9.84 Å². The molecule has 1 fully saturated rings. The largest absolute Gasteiger partial charge is 0.393 e. The monoisotopic (exact) mass is 224 g/mol. The Hall–Kier alpha value is -0.510. The Balaban J connectivity index is 1.61. The number of epoxide rings is 1. The normalized spacial score (nSPS) is 21.3. The molecule has 2 rings (SSSR count). The van der Waals surface area contributed by atoms with Gasteiger partial charge in [-0.3, -0.25) is 0 Å². The molecule has 0 aliphatic carbocycles. The number of rotatable bonds is 6. The number of aliphatic hydroxyl groups is 1. The zero-order chi connectivity index (χ0) is 10.5. The van der Waals surface area contributed by atoms with Crippen molar-refractivity contribution in [1.29, 1.82) is 0 Å². The molecule has 1 aromatic rings. The van der Waals surface area contributed by atoms with E-state index in [1.807, 2.05) is 18.2 Å². The standard InChI is InChI=1S/C12H16O2S/c13-10(8-11-9-14-11)6-7-15-12-4-2-1-3-5-12/h1-5,10-11,13H,6-9H2/t10-,11-/m0/s1. The fourth-order valence-electron chi connectivity index (χ4n) is 1.45. The highest BCUT2D eigenvalue weighted by atomic mass is 32.2. The first-order valence-corrected chi connectivity index (χ1v) is 6.30. The zero-order valence-corrected chi connectivity index (χ0v) is 9.45. The second-order valence-corrected chi connectivity index (χ2v) is 4.96. The maximum Gasteiger partial charge on any atom is 0.0834 e. The summed E-state index contributed by atoms with van der Waals surface area (Å²) in [5.74, 6) is 0.970. The van der Waals surface area contributed by atoms with Crippen molar-refractivity contribution in [1.82, 2.24) is 0 Å². The van der Waals surface area contributed by atoms with Crippen LogP contribution in [0.4, 0.5) is 0 Å². The lowest BCUT2D eigenvalue weighted by atomic mass is 10.2. The van der Waals surface area contributed by atoms with Crippen LogP contribution >= 0.6 is 11.8 Å². The van der Waals surface area contributed by atoms with E-state index in [-0.39, 0.29) is 6.10 Å². The van der Waals surface area contributed by atoms with Gasteiger partial charge >= 0.3 is 0 Å². The molecule has 82 valence electrons. The maximum atomic E-state index is 9.64. The molecular weight excluding hydrogens is 208 g/mol. The van der Waals surface area contributed by atoms with Crippen molar-refractivity contribution in [3.63, 3.8) is 0 Å². The van der Waals surface area contributed by atoms with Gasteiger partial charge in [0, 0.05) is 17.1 Å². The summed E-state index contributed by atoms with van der Waals surface area (Å²) >= 11 is 1.80. The summed E-state index contributed by atoms with van der Waals surface area (Å²) in [6.45, 7) is 0.836. The van der Waals surface area contributed by atoms with Crippen LogP contribution in [0, 0.1) is 0 Å². The molecule has 3 heteroatoms. The van der Waals surface area contributed by atoms with Crippen molar-refractivity contribution in [2.45, 2.75) is 29.9 Å². The quantitative estimate of drug-likeness (QED) is 0.594. The summed E-state index contributed by atoms with van der Waals surface area (Å²) in [7, 11) is 0. The molecule has 0 unspecified atom stereocenters. The van der Waals surface area contributed by atoms with Crippen molar-refractivity contribution in [2.24, 2.45) is 0 Å². The molecule has 0 bridgehead atoms. The van der Waals surface area contributed by atoms with E-state index in [0.717, 1.165) is 25.2 Å². The first-order chi connectivity index (χ1) is 7.34. The van der Waals surface area contributed by atoms with Crippen LogP contribution in [-0.2, 0) is 4.74 Å². The molecule has 1 aliphatic heterocycles. The first-order valence-electron chi connectivity index (χ1n) is 5.32. The molecule has 15 heavy (non-hydrogen) atoms. The SMILES string of the molecule is O[C@@H](CCSc1ccccc1)C[C@H]1CO1. The van der Waals surface area contributed by atoms with Crippen molar-refractivity contribution in [3.8, 4) is 0 Å². The third-order valence-electron chi connectivity index (χ3n) is 2.40. The topological polar surface area (TPSA) is 32.8 Å². The lowest BCUT2D eigenvalue weighted by Gasteiger charge is -2.07. The highest BCUT2D eigenvalue weighted by Gasteiger charge is 2.25. The van der Waals surface area contributed by atoms with E-state index in [1.165, 1.54) is 4.90 Å². The predicted octanol–water partition coefficient (Wildman–Crippen LogP) is 2.32. The Labute approximate surface area is 94.6 Å². The minimum atomic E-state index is -0.200. The van der Waals surface area contributed by atoms with Gasteiger partial charge in [-0.15, -0.1) is 11.8 Å². The highest BCUT2D eigenvalue weighted by molar-refractivity contribution is 7.99. The average molecular weight is 224 g/mol. The van der Waals surface area contributed by atoms with Gasteiger partial charge in [0.05, 0.1) is 18.8 Å². The van der Waals surface area contributed by atoms with Gasteiger partial charge in [-0.1, -0.05) is 18.2 Å². The fourth-order valence-corrected chi connectivity index (χ4v) is 2.43. The molecule has 1 aromatic carbocycles. The van der Waals surface area contributed by atoms with Crippen LogP contribution in [0.25, 0.3) is 0 Å². The number of aliphatic hydroxyl groups excluding tert-OH is 1. The van der Waals surface area contributed by atoms with Crippen molar-refractivity contribution >= 4 is 11.8 Å². The molecule has 1 aliphatic rings. The summed E-state index contributed by atoms with van der Waals surface area (Å²) in [6, 6.07) is 10.3. The molecule has 1 heterocycles. The molecule has 0 amide bonds. The lowest BCUT2D eigenvalue weighted by molar-refractivity contribution is 0.149. The second kappa shape index (κ2) is 5.54. The molecular formula is C12H16O2S. The Morgan fingerprint density at radius 2 is 2.13 bits per heavy atom. The number of benzene rings is 1. The van der Waals surface area contributed by atoms with E-state index in [2.05, 4.69) is 12.1 Å². The number of thioether (sulfide) groups is 1. The average Bonchev–Trinajstić information content (AvgIpc) is 3.03. The second-order valence-electron chi connectivity index (χ2n) is 3.80. The summed E-state index contributed by atoms with van der Waals surface area (Å²) < 4.78 is 5.08. The maximum absolute atomic E-state index is 9.64. The van der Waals surface area contributed by atoms with Crippen LogP contribution in [0.2, 0.25) is 0 Å². The molecule has 0 spiro atoms. The van der Waals surface area contributed by atoms with Gasteiger partial charge in [-0.25, -0.2) is 0 Å². The molecule has 0 radical (unpaired) electrons. The number of ether oxygens (including phenoxy) is 1. The summed E-state index contributed by atoms with van der Waals surface area (Å²) in [4.78, 5) is 1.27. The Bertz CT molecular complexity index is 285. The van der Waals surface area contributed by atoms with Crippen LogP contribution < -0.4 is 0 Å². The van der Waals surface area contributed by atoms with Gasteiger partial charge in [0.2, 0.25) is 0 Å². The Morgan fingerprint density at radius 1 is 1.40 bits per heavy atom. The molecule has 1 N–H and O–H groups in total.